The Labute approximate surface area is 116 Å². The third kappa shape index (κ3) is 8.40. The zero-order valence-electron chi connectivity index (χ0n) is 12.4. The smallest absolute Gasteiger partial charge is 0.173 e. The van der Waals surface area contributed by atoms with E-state index in [1.807, 2.05) is 19.9 Å². The van der Waals surface area contributed by atoms with Crippen LogP contribution in [0.5, 0.6) is 0 Å². The van der Waals surface area contributed by atoms with Crippen LogP contribution in [0.15, 0.2) is 29.1 Å². The minimum Gasteiger partial charge on any atom is -0.501 e. The van der Waals surface area contributed by atoms with Crippen LogP contribution in [0.25, 0.3) is 0 Å². The molecular formula is C14H26N2O3. The van der Waals surface area contributed by atoms with Crippen molar-refractivity contribution in [3.63, 3.8) is 0 Å². The van der Waals surface area contributed by atoms with Gasteiger partial charge in [-0.1, -0.05) is 20.4 Å². The van der Waals surface area contributed by atoms with Crippen molar-refractivity contribution in [3.8, 4) is 0 Å². The first-order valence-electron chi connectivity index (χ1n) is 6.54. The van der Waals surface area contributed by atoms with Crippen LogP contribution in [0.4, 0.5) is 0 Å². The normalized spacial score (nSPS) is 14.2. The average Bonchev–Trinajstić information content (AvgIpc) is 2.40. The predicted octanol–water partition coefficient (Wildman–Crippen LogP) is 2.19. The van der Waals surface area contributed by atoms with E-state index < -0.39 is 6.23 Å². The number of allylic oxidation sites excluding steroid dienone is 2. The van der Waals surface area contributed by atoms with Crippen LogP contribution in [0, 0.1) is 0 Å². The highest BCUT2D eigenvalue weighted by atomic mass is 16.5. The zero-order chi connectivity index (χ0) is 14.7. The number of ether oxygens (including phenoxy) is 2. The van der Waals surface area contributed by atoms with E-state index in [0.717, 1.165) is 18.6 Å². The predicted molar refractivity (Wildman–Crippen MR) is 77.9 cm³/mol. The van der Waals surface area contributed by atoms with Gasteiger partial charge in [0.15, 0.2) is 6.23 Å². The summed E-state index contributed by atoms with van der Waals surface area (Å²) in [5, 5.41) is 12.2. The number of aliphatic hydroxyl groups is 1. The van der Waals surface area contributed by atoms with E-state index in [-0.39, 0.29) is 6.61 Å². The van der Waals surface area contributed by atoms with E-state index >= 15 is 0 Å². The molecule has 5 nitrogen and oxygen atoms in total. The topological polar surface area (TPSA) is 63.1 Å². The number of nitrogens with zero attached hydrogens (tertiary/aromatic N) is 1. The second kappa shape index (κ2) is 10.6. The Bertz CT molecular complexity index is 319. The molecule has 19 heavy (non-hydrogen) atoms. The highest BCUT2D eigenvalue weighted by Crippen LogP contribution is 2.04. The van der Waals surface area contributed by atoms with Gasteiger partial charge in [-0.05, 0) is 19.4 Å². The van der Waals surface area contributed by atoms with Crippen LogP contribution in [0.3, 0.4) is 0 Å². The summed E-state index contributed by atoms with van der Waals surface area (Å²) in [6.07, 6.45) is 2.98. The maximum absolute atomic E-state index is 9.14. The average molecular weight is 270 g/mol. The molecule has 110 valence electrons. The number of aliphatic imine (C=N–C) groups is 1. The number of hydrogen-bond donors (Lipinski definition) is 2. The molecule has 0 saturated heterocycles. The molecule has 2 N–H and O–H groups in total. The Morgan fingerprint density at radius 2 is 2.16 bits per heavy atom. The Hall–Kier alpha value is -1.33. The second-order valence-electron chi connectivity index (χ2n) is 4.04. The summed E-state index contributed by atoms with van der Waals surface area (Å²) in [4.78, 5) is 4.23. The Morgan fingerprint density at radius 1 is 1.47 bits per heavy atom. The van der Waals surface area contributed by atoms with Crippen LogP contribution in [-0.2, 0) is 9.47 Å². The summed E-state index contributed by atoms with van der Waals surface area (Å²) in [7, 11) is 1.63. The molecule has 0 aromatic carbocycles. The molecule has 0 bridgehead atoms. The van der Waals surface area contributed by atoms with Gasteiger partial charge in [-0.15, -0.1) is 0 Å². The SMILES string of the molecule is C=C(/C=C(\CC)OC)NC(C)=NC(CO)OCCC. The van der Waals surface area contributed by atoms with E-state index in [1.54, 1.807) is 14.0 Å². The van der Waals surface area contributed by atoms with Gasteiger partial charge in [0, 0.05) is 18.7 Å². The fraction of sp³-hybridized carbons (Fsp3) is 0.643. The monoisotopic (exact) mass is 270 g/mol. The quantitative estimate of drug-likeness (QED) is 0.292. The number of aliphatic hydroxyl groups excluding tert-OH is 1. The van der Waals surface area contributed by atoms with Gasteiger partial charge in [-0.2, -0.15) is 0 Å². The number of nitrogens with one attached hydrogen (secondary N) is 1. The largest absolute Gasteiger partial charge is 0.501 e. The van der Waals surface area contributed by atoms with Gasteiger partial charge in [-0.25, -0.2) is 4.99 Å². The molecule has 0 spiro atoms. The molecule has 0 heterocycles. The van der Waals surface area contributed by atoms with Crippen LogP contribution < -0.4 is 5.32 Å². The van der Waals surface area contributed by atoms with Crippen LogP contribution in [-0.4, -0.2) is 37.5 Å². The first-order chi connectivity index (χ1) is 9.07. The maximum Gasteiger partial charge on any atom is 0.173 e. The lowest BCUT2D eigenvalue weighted by molar-refractivity contribution is 0.0192. The third-order valence-electron chi connectivity index (χ3n) is 2.30. The summed E-state index contributed by atoms with van der Waals surface area (Å²) in [5.74, 6) is 1.48. The molecule has 0 aromatic heterocycles. The van der Waals surface area contributed by atoms with Crippen molar-refractivity contribution in [2.45, 2.75) is 39.8 Å². The summed E-state index contributed by atoms with van der Waals surface area (Å²) >= 11 is 0. The summed E-state index contributed by atoms with van der Waals surface area (Å²) in [6.45, 7) is 10.1. The minimum absolute atomic E-state index is 0.139. The lowest BCUT2D eigenvalue weighted by atomic mass is 10.3. The molecule has 0 aliphatic rings. The Balaban J connectivity index is 4.44. The maximum atomic E-state index is 9.14. The lowest BCUT2D eigenvalue weighted by Gasteiger charge is -2.13. The van der Waals surface area contributed by atoms with Crippen LogP contribution in [0.1, 0.15) is 33.6 Å². The van der Waals surface area contributed by atoms with Crippen molar-refractivity contribution >= 4 is 5.84 Å². The van der Waals surface area contributed by atoms with Gasteiger partial charge >= 0.3 is 0 Å². The Morgan fingerprint density at radius 3 is 2.63 bits per heavy atom. The standard InChI is InChI=1S/C14H26N2O3/c1-6-8-19-14(10-17)16-12(4)15-11(3)9-13(7-2)18-5/h9,14,17H,3,6-8,10H2,1-2,4-5H3,(H,15,16)/b13-9+. The summed E-state index contributed by atoms with van der Waals surface area (Å²) < 4.78 is 10.5. The van der Waals surface area contributed by atoms with E-state index in [4.69, 9.17) is 14.6 Å². The van der Waals surface area contributed by atoms with E-state index in [9.17, 15) is 0 Å². The molecule has 0 aliphatic heterocycles. The molecule has 1 atom stereocenters. The summed E-state index contributed by atoms with van der Waals surface area (Å²) in [6, 6.07) is 0. The highest BCUT2D eigenvalue weighted by Gasteiger charge is 2.05. The van der Waals surface area contributed by atoms with Crippen molar-refractivity contribution < 1.29 is 14.6 Å². The number of methoxy groups -OCH3 is 1. The molecule has 0 rings (SSSR count). The second-order valence-corrected chi connectivity index (χ2v) is 4.04. The molecule has 0 amide bonds. The molecule has 0 saturated carbocycles. The lowest BCUT2D eigenvalue weighted by Crippen LogP contribution is -2.24. The molecule has 0 radical (unpaired) electrons. The third-order valence-corrected chi connectivity index (χ3v) is 2.30. The first kappa shape index (κ1) is 17.7. The van der Waals surface area contributed by atoms with Crippen molar-refractivity contribution in [3.05, 3.63) is 24.1 Å². The van der Waals surface area contributed by atoms with Crippen molar-refractivity contribution in [1.82, 2.24) is 5.32 Å². The van der Waals surface area contributed by atoms with Gasteiger partial charge in [0.05, 0.1) is 19.5 Å². The van der Waals surface area contributed by atoms with Crippen molar-refractivity contribution in [2.75, 3.05) is 20.3 Å². The summed E-state index contributed by atoms with van der Waals surface area (Å²) in [5.41, 5.74) is 0.687. The fourth-order valence-electron chi connectivity index (χ4n) is 1.40. The van der Waals surface area contributed by atoms with Gasteiger partial charge in [-0.3, -0.25) is 0 Å². The number of rotatable bonds is 9. The molecular weight excluding hydrogens is 244 g/mol. The fourth-order valence-corrected chi connectivity index (χ4v) is 1.40. The van der Waals surface area contributed by atoms with Gasteiger partial charge in [0.25, 0.3) is 0 Å². The highest BCUT2D eigenvalue weighted by molar-refractivity contribution is 5.81. The van der Waals surface area contributed by atoms with Crippen molar-refractivity contribution in [1.29, 1.82) is 0 Å². The zero-order valence-corrected chi connectivity index (χ0v) is 12.4. The van der Waals surface area contributed by atoms with Crippen molar-refractivity contribution in [2.24, 2.45) is 4.99 Å². The molecule has 0 aromatic rings. The molecule has 5 heteroatoms. The van der Waals surface area contributed by atoms with E-state index in [0.29, 0.717) is 18.1 Å². The van der Waals surface area contributed by atoms with Gasteiger partial charge < -0.3 is 19.9 Å². The van der Waals surface area contributed by atoms with Gasteiger partial charge in [0.2, 0.25) is 0 Å². The number of amidine groups is 1. The number of hydrogen-bond acceptors (Lipinski definition) is 4. The van der Waals surface area contributed by atoms with E-state index in [2.05, 4.69) is 16.9 Å². The minimum atomic E-state index is -0.530. The van der Waals surface area contributed by atoms with Crippen LogP contribution in [0.2, 0.25) is 0 Å². The Kier molecular flexibility index (Phi) is 9.84. The first-order valence-corrected chi connectivity index (χ1v) is 6.54. The van der Waals surface area contributed by atoms with Gasteiger partial charge in [0.1, 0.15) is 5.84 Å². The molecule has 0 fully saturated rings. The van der Waals surface area contributed by atoms with E-state index in [1.165, 1.54) is 0 Å². The molecule has 1 unspecified atom stereocenters. The van der Waals surface area contributed by atoms with Crippen LogP contribution >= 0.6 is 0 Å². The molecule has 0 aliphatic carbocycles.